The highest BCUT2D eigenvalue weighted by atomic mass is 32.2. The van der Waals surface area contributed by atoms with E-state index in [0.29, 0.717) is 6.61 Å². The summed E-state index contributed by atoms with van der Waals surface area (Å²) in [6.45, 7) is 5.95. The third-order valence-corrected chi connectivity index (χ3v) is 4.54. The fourth-order valence-electron chi connectivity index (χ4n) is 1.97. The zero-order chi connectivity index (χ0) is 17.9. The molecule has 1 N–H and O–H groups in total. The van der Waals surface area contributed by atoms with E-state index in [1.54, 1.807) is 24.1 Å². The molecule has 0 spiro atoms. The highest BCUT2D eigenvalue weighted by Crippen LogP contribution is 2.17. The van der Waals surface area contributed by atoms with E-state index >= 15 is 0 Å². The number of rotatable bonds is 9. The molecule has 0 saturated carbocycles. The lowest BCUT2D eigenvalue weighted by Crippen LogP contribution is -2.26. The molecule has 25 heavy (non-hydrogen) atoms. The second-order valence-electron chi connectivity index (χ2n) is 5.35. The second-order valence-corrected chi connectivity index (χ2v) is 6.67. The number of carbonyl (C=O) groups is 1. The van der Waals surface area contributed by atoms with E-state index in [-0.39, 0.29) is 11.2 Å². The minimum Gasteiger partial charge on any atom is -0.490 e. The number of nitrogens with zero attached hydrogens (tertiary/aromatic N) is 1. The average molecular weight is 354 g/mol. The van der Waals surface area contributed by atoms with Crippen molar-refractivity contribution in [2.75, 3.05) is 6.61 Å². The largest absolute Gasteiger partial charge is 0.490 e. The van der Waals surface area contributed by atoms with Crippen molar-refractivity contribution < 1.29 is 9.53 Å². The van der Waals surface area contributed by atoms with Crippen molar-refractivity contribution in [2.45, 2.75) is 17.9 Å². The van der Waals surface area contributed by atoms with Crippen molar-refractivity contribution in [1.29, 1.82) is 0 Å². The first kappa shape index (κ1) is 18.8. The summed E-state index contributed by atoms with van der Waals surface area (Å²) in [5, 5.41) is 3.84. The van der Waals surface area contributed by atoms with Gasteiger partial charge in [0.15, 0.2) is 0 Å². The van der Waals surface area contributed by atoms with Crippen LogP contribution < -0.4 is 10.2 Å². The lowest BCUT2D eigenvalue weighted by Gasteiger charge is -2.09. The molecule has 0 fully saturated rings. The molecule has 0 radical (unpaired) electrons. The standard InChI is InChI=1S/C20H22N2O2S/c1-3-12-24-19-11-7-10-18(13-19)14-21-22-20(23)16(2)25-15-17-8-5-4-6-9-17/h3-11,13-14,16H,1,12,15H2,2H3,(H,22,23)/b21-14-/t16-/m0/s1. The SMILES string of the molecule is C=CCOc1cccc(/C=N\NC(=O)[C@H](C)SCc2ccccc2)c1. The van der Waals surface area contributed by atoms with Gasteiger partial charge in [-0.25, -0.2) is 5.43 Å². The molecular formula is C20H22N2O2S. The van der Waals surface area contributed by atoms with Crippen LogP contribution in [0, 0.1) is 0 Å². The molecular weight excluding hydrogens is 332 g/mol. The average Bonchev–Trinajstić information content (AvgIpc) is 2.65. The maximum absolute atomic E-state index is 12.1. The summed E-state index contributed by atoms with van der Waals surface area (Å²) in [7, 11) is 0. The van der Waals surface area contributed by atoms with Crippen LogP contribution in [0.15, 0.2) is 72.4 Å². The van der Waals surface area contributed by atoms with Crippen LogP contribution in [0.4, 0.5) is 0 Å². The van der Waals surface area contributed by atoms with Gasteiger partial charge in [0.2, 0.25) is 0 Å². The van der Waals surface area contributed by atoms with Gasteiger partial charge in [-0.3, -0.25) is 4.79 Å². The minimum atomic E-state index is -0.181. The molecule has 0 heterocycles. The smallest absolute Gasteiger partial charge is 0.252 e. The first-order valence-corrected chi connectivity index (χ1v) is 9.06. The van der Waals surface area contributed by atoms with Crippen molar-refractivity contribution in [2.24, 2.45) is 5.10 Å². The molecule has 4 nitrogen and oxygen atoms in total. The summed E-state index contributed by atoms with van der Waals surface area (Å²) in [4.78, 5) is 12.1. The van der Waals surface area contributed by atoms with Crippen LogP contribution in [0.5, 0.6) is 5.75 Å². The van der Waals surface area contributed by atoms with Crippen molar-refractivity contribution >= 4 is 23.9 Å². The molecule has 2 aromatic carbocycles. The fourth-order valence-corrected chi connectivity index (χ4v) is 2.81. The minimum absolute atomic E-state index is 0.115. The molecule has 2 aromatic rings. The Balaban J connectivity index is 1.80. The van der Waals surface area contributed by atoms with Crippen molar-refractivity contribution in [3.8, 4) is 5.75 Å². The molecule has 0 aliphatic rings. The van der Waals surface area contributed by atoms with Gasteiger partial charge in [-0.15, -0.1) is 11.8 Å². The van der Waals surface area contributed by atoms with Gasteiger partial charge in [-0.05, 0) is 30.2 Å². The number of nitrogens with one attached hydrogen (secondary N) is 1. The van der Waals surface area contributed by atoms with Crippen molar-refractivity contribution in [3.05, 3.63) is 78.4 Å². The molecule has 0 aliphatic heterocycles. The summed E-state index contributed by atoms with van der Waals surface area (Å²) in [5.41, 5.74) is 4.64. The van der Waals surface area contributed by atoms with Crippen LogP contribution in [-0.2, 0) is 10.5 Å². The number of hydrogen-bond acceptors (Lipinski definition) is 4. The maximum atomic E-state index is 12.1. The summed E-state index contributed by atoms with van der Waals surface area (Å²) in [5.74, 6) is 1.42. The molecule has 1 atom stereocenters. The lowest BCUT2D eigenvalue weighted by atomic mass is 10.2. The Kier molecular flexibility index (Phi) is 7.79. The lowest BCUT2D eigenvalue weighted by molar-refractivity contribution is -0.120. The Morgan fingerprint density at radius 3 is 2.84 bits per heavy atom. The number of thioether (sulfide) groups is 1. The summed E-state index contributed by atoms with van der Waals surface area (Å²) >= 11 is 1.58. The number of ether oxygens (including phenoxy) is 1. The first-order chi connectivity index (χ1) is 12.2. The zero-order valence-corrected chi connectivity index (χ0v) is 15.0. The number of amides is 1. The van der Waals surface area contributed by atoms with E-state index in [0.717, 1.165) is 17.1 Å². The molecule has 0 saturated heterocycles. The van der Waals surface area contributed by atoms with Crippen LogP contribution in [0.3, 0.4) is 0 Å². The molecule has 0 bridgehead atoms. The fraction of sp³-hybridized carbons (Fsp3) is 0.200. The molecule has 0 aliphatic carbocycles. The second kappa shape index (κ2) is 10.4. The van der Waals surface area contributed by atoms with Crippen LogP contribution in [0.25, 0.3) is 0 Å². The Morgan fingerprint density at radius 1 is 1.28 bits per heavy atom. The number of hydrazone groups is 1. The highest BCUT2D eigenvalue weighted by Gasteiger charge is 2.12. The molecule has 0 aromatic heterocycles. The predicted octanol–water partition coefficient (Wildman–Crippen LogP) is 4.02. The number of benzene rings is 2. The summed E-state index contributed by atoms with van der Waals surface area (Å²) in [6, 6.07) is 17.6. The highest BCUT2D eigenvalue weighted by molar-refractivity contribution is 7.99. The molecule has 2 rings (SSSR count). The number of hydrogen-bond donors (Lipinski definition) is 1. The van der Waals surface area contributed by atoms with Gasteiger partial charge < -0.3 is 4.74 Å². The van der Waals surface area contributed by atoms with Crippen LogP contribution in [0.1, 0.15) is 18.1 Å². The summed E-state index contributed by atoms with van der Waals surface area (Å²) in [6.07, 6.45) is 3.29. The predicted molar refractivity (Wildman–Crippen MR) is 105 cm³/mol. The normalized spacial score (nSPS) is 11.9. The van der Waals surface area contributed by atoms with Gasteiger partial charge in [-0.2, -0.15) is 5.10 Å². The van der Waals surface area contributed by atoms with Gasteiger partial charge in [0.05, 0.1) is 11.5 Å². The van der Waals surface area contributed by atoms with Crippen molar-refractivity contribution in [3.63, 3.8) is 0 Å². The third kappa shape index (κ3) is 6.85. The van der Waals surface area contributed by atoms with Gasteiger partial charge in [0, 0.05) is 5.75 Å². The first-order valence-electron chi connectivity index (χ1n) is 8.01. The van der Waals surface area contributed by atoms with E-state index in [1.165, 1.54) is 5.56 Å². The molecule has 0 unspecified atom stereocenters. The van der Waals surface area contributed by atoms with E-state index in [4.69, 9.17) is 4.74 Å². The topological polar surface area (TPSA) is 50.7 Å². The number of carbonyl (C=O) groups excluding carboxylic acids is 1. The summed E-state index contributed by atoms with van der Waals surface area (Å²) < 4.78 is 5.47. The monoisotopic (exact) mass is 354 g/mol. The quantitative estimate of drug-likeness (QED) is 0.420. The van der Waals surface area contributed by atoms with Gasteiger partial charge in [0.25, 0.3) is 5.91 Å². The van der Waals surface area contributed by atoms with E-state index in [1.807, 2.05) is 49.4 Å². The van der Waals surface area contributed by atoms with Gasteiger partial charge in [0.1, 0.15) is 12.4 Å². The van der Waals surface area contributed by atoms with Crippen LogP contribution in [-0.4, -0.2) is 24.0 Å². The third-order valence-electron chi connectivity index (χ3n) is 3.33. The van der Waals surface area contributed by atoms with Crippen LogP contribution >= 0.6 is 11.8 Å². The van der Waals surface area contributed by atoms with E-state index in [9.17, 15) is 4.79 Å². The Bertz CT molecular complexity index is 717. The Labute approximate surface area is 153 Å². The van der Waals surface area contributed by atoms with Crippen LogP contribution in [0.2, 0.25) is 0 Å². The van der Waals surface area contributed by atoms with E-state index in [2.05, 4.69) is 29.2 Å². The molecule has 5 heteroatoms. The Morgan fingerprint density at radius 2 is 2.08 bits per heavy atom. The van der Waals surface area contributed by atoms with Gasteiger partial charge >= 0.3 is 0 Å². The van der Waals surface area contributed by atoms with Gasteiger partial charge in [-0.1, -0.05) is 55.1 Å². The maximum Gasteiger partial charge on any atom is 0.252 e. The van der Waals surface area contributed by atoms with E-state index < -0.39 is 0 Å². The molecule has 130 valence electrons. The Hall–Kier alpha value is -2.53. The zero-order valence-electron chi connectivity index (χ0n) is 14.2. The van der Waals surface area contributed by atoms with Crippen molar-refractivity contribution in [1.82, 2.24) is 5.43 Å². The molecule has 1 amide bonds.